The molecule has 24 heavy (non-hydrogen) atoms. The highest BCUT2D eigenvalue weighted by molar-refractivity contribution is 5.74. The predicted molar refractivity (Wildman–Crippen MR) is 95.3 cm³/mol. The highest BCUT2D eigenvalue weighted by atomic mass is 16.5. The van der Waals surface area contributed by atoms with Crippen LogP contribution in [-0.2, 0) is 4.74 Å². The molecule has 0 unspecified atom stereocenters. The van der Waals surface area contributed by atoms with Gasteiger partial charge in [0, 0.05) is 44.8 Å². The van der Waals surface area contributed by atoms with Crippen LogP contribution in [0.25, 0.3) is 0 Å². The van der Waals surface area contributed by atoms with Crippen LogP contribution < -0.4 is 5.32 Å². The number of rotatable bonds is 4. The molecule has 0 spiro atoms. The van der Waals surface area contributed by atoms with Gasteiger partial charge in [0.1, 0.15) is 0 Å². The third-order valence-corrected chi connectivity index (χ3v) is 5.60. The Morgan fingerprint density at radius 1 is 1.08 bits per heavy atom. The molecule has 138 valence electrons. The maximum absolute atomic E-state index is 12.7. The first-order chi connectivity index (χ1) is 11.7. The third kappa shape index (κ3) is 5.07. The van der Waals surface area contributed by atoms with E-state index < -0.39 is 0 Å². The Hall–Kier alpha value is -0.850. The summed E-state index contributed by atoms with van der Waals surface area (Å²) in [5.74, 6) is 0. The van der Waals surface area contributed by atoms with E-state index in [-0.39, 0.29) is 12.1 Å². The van der Waals surface area contributed by atoms with Gasteiger partial charge in [-0.1, -0.05) is 6.42 Å². The van der Waals surface area contributed by atoms with Gasteiger partial charge in [-0.2, -0.15) is 0 Å². The second kappa shape index (κ2) is 9.02. The molecule has 3 saturated heterocycles. The molecule has 2 atom stereocenters. The van der Waals surface area contributed by atoms with Crippen molar-refractivity contribution in [2.24, 2.45) is 0 Å². The number of carbonyl (C=O) groups excluding carboxylic acids is 1. The molecule has 0 aromatic rings. The Bertz CT molecular complexity index is 394. The van der Waals surface area contributed by atoms with Crippen LogP contribution >= 0.6 is 0 Å². The average Bonchev–Trinajstić information content (AvgIpc) is 3.00. The van der Waals surface area contributed by atoms with Crippen LogP contribution in [0.15, 0.2) is 0 Å². The second-order valence-corrected chi connectivity index (χ2v) is 7.60. The molecule has 0 aromatic heterocycles. The number of urea groups is 1. The predicted octanol–water partition coefficient (Wildman–Crippen LogP) is 1.37. The average molecular weight is 338 g/mol. The van der Waals surface area contributed by atoms with Gasteiger partial charge in [-0.15, -0.1) is 0 Å². The molecule has 0 radical (unpaired) electrons. The molecule has 3 fully saturated rings. The normalized spacial score (nSPS) is 28.5. The Kier molecular flexibility index (Phi) is 6.75. The van der Waals surface area contributed by atoms with Crippen LogP contribution in [0, 0.1) is 0 Å². The van der Waals surface area contributed by atoms with Gasteiger partial charge in [0.2, 0.25) is 0 Å². The number of amides is 2. The zero-order valence-electron chi connectivity index (χ0n) is 15.2. The number of carbonyl (C=O) groups is 1. The van der Waals surface area contributed by atoms with E-state index in [1.54, 1.807) is 0 Å². The Morgan fingerprint density at radius 3 is 2.54 bits per heavy atom. The van der Waals surface area contributed by atoms with E-state index in [2.05, 4.69) is 26.9 Å². The van der Waals surface area contributed by atoms with Gasteiger partial charge in [-0.3, -0.25) is 9.80 Å². The molecular formula is C18H34N4O2. The topological polar surface area (TPSA) is 48.1 Å². The number of likely N-dealkylation sites (tertiary alicyclic amines) is 2. The fourth-order valence-electron chi connectivity index (χ4n) is 4.23. The van der Waals surface area contributed by atoms with Gasteiger partial charge in [0.15, 0.2) is 0 Å². The number of hydrogen-bond acceptors (Lipinski definition) is 4. The monoisotopic (exact) mass is 338 g/mol. The van der Waals surface area contributed by atoms with Crippen molar-refractivity contribution in [3.05, 3.63) is 0 Å². The zero-order valence-corrected chi connectivity index (χ0v) is 15.2. The second-order valence-electron chi connectivity index (χ2n) is 7.60. The van der Waals surface area contributed by atoms with E-state index in [9.17, 15) is 4.79 Å². The lowest BCUT2D eigenvalue weighted by molar-refractivity contribution is 0.0346. The van der Waals surface area contributed by atoms with Crippen molar-refractivity contribution in [3.8, 4) is 0 Å². The van der Waals surface area contributed by atoms with Crippen LogP contribution in [0.2, 0.25) is 0 Å². The number of hydrogen-bond donors (Lipinski definition) is 1. The summed E-state index contributed by atoms with van der Waals surface area (Å²) in [6, 6.07) is 0.876. The Labute approximate surface area is 146 Å². The molecule has 2 amide bonds. The van der Waals surface area contributed by atoms with Crippen LogP contribution in [0.4, 0.5) is 4.79 Å². The third-order valence-electron chi connectivity index (χ3n) is 5.60. The van der Waals surface area contributed by atoms with E-state index in [4.69, 9.17) is 4.74 Å². The molecule has 0 aliphatic carbocycles. The number of morpholine rings is 1. The lowest BCUT2D eigenvalue weighted by atomic mass is 10.1. The van der Waals surface area contributed by atoms with Gasteiger partial charge in [-0.05, 0) is 45.7 Å². The summed E-state index contributed by atoms with van der Waals surface area (Å²) in [7, 11) is 0. The standard InChI is InChI=1S/C18H34N4O2/c1-16(14-20-10-12-24-13-11-20)19-18(23)22-9-3-2-6-17(15-22)21-7-4-5-8-21/h16-17H,2-15H2,1H3,(H,19,23)/t16-,17+/m1/s1. The first-order valence-electron chi connectivity index (χ1n) is 9.82. The summed E-state index contributed by atoms with van der Waals surface area (Å²) < 4.78 is 5.39. The molecule has 3 rings (SSSR count). The van der Waals surface area contributed by atoms with Crippen molar-refractivity contribution < 1.29 is 9.53 Å². The summed E-state index contributed by atoms with van der Waals surface area (Å²) in [4.78, 5) is 19.8. The van der Waals surface area contributed by atoms with Crippen molar-refractivity contribution in [1.82, 2.24) is 20.0 Å². The van der Waals surface area contributed by atoms with E-state index in [0.717, 1.165) is 52.4 Å². The minimum atomic E-state index is 0.127. The summed E-state index contributed by atoms with van der Waals surface area (Å²) >= 11 is 0. The summed E-state index contributed by atoms with van der Waals surface area (Å²) in [6.07, 6.45) is 6.26. The smallest absolute Gasteiger partial charge is 0.317 e. The maximum atomic E-state index is 12.7. The van der Waals surface area contributed by atoms with E-state index in [0.29, 0.717) is 6.04 Å². The molecule has 3 heterocycles. The molecule has 6 nitrogen and oxygen atoms in total. The van der Waals surface area contributed by atoms with Crippen LogP contribution in [0.3, 0.4) is 0 Å². The Balaban J connectivity index is 1.47. The van der Waals surface area contributed by atoms with Crippen molar-refractivity contribution >= 4 is 6.03 Å². The minimum Gasteiger partial charge on any atom is -0.379 e. The molecular weight excluding hydrogens is 304 g/mol. The summed E-state index contributed by atoms with van der Waals surface area (Å²) in [5, 5.41) is 3.22. The van der Waals surface area contributed by atoms with Crippen molar-refractivity contribution in [2.45, 2.75) is 51.1 Å². The maximum Gasteiger partial charge on any atom is 0.317 e. The van der Waals surface area contributed by atoms with Gasteiger partial charge in [-0.25, -0.2) is 4.79 Å². The van der Waals surface area contributed by atoms with Crippen molar-refractivity contribution in [3.63, 3.8) is 0 Å². The van der Waals surface area contributed by atoms with Gasteiger partial charge >= 0.3 is 6.03 Å². The lowest BCUT2D eigenvalue weighted by Crippen LogP contribution is -2.52. The van der Waals surface area contributed by atoms with E-state index >= 15 is 0 Å². The highest BCUT2D eigenvalue weighted by Crippen LogP contribution is 2.20. The first-order valence-corrected chi connectivity index (χ1v) is 9.82. The molecule has 0 saturated carbocycles. The number of ether oxygens (including phenoxy) is 1. The van der Waals surface area contributed by atoms with E-state index in [1.165, 1.54) is 38.8 Å². The fourth-order valence-corrected chi connectivity index (χ4v) is 4.23. The largest absolute Gasteiger partial charge is 0.379 e. The molecule has 3 aliphatic rings. The number of nitrogens with one attached hydrogen (secondary N) is 1. The molecule has 0 aromatic carbocycles. The van der Waals surface area contributed by atoms with Gasteiger partial charge in [0.25, 0.3) is 0 Å². The highest BCUT2D eigenvalue weighted by Gasteiger charge is 2.28. The van der Waals surface area contributed by atoms with Crippen LogP contribution in [0.1, 0.15) is 39.0 Å². The summed E-state index contributed by atoms with van der Waals surface area (Å²) in [6.45, 7) is 10.8. The molecule has 3 aliphatic heterocycles. The SMILES string of the molecule is C[C@H](CN1CCOCC1)NC(=O)N1CCCC[C@H](N2CCCC2)C1. The van der Waals surface area contributed by atoms with Gasteiger partial charge in [0.05, 0.1) is 13.2 Å². The van der Waals surface area contributed by atoms with Gasteiger partial charge < -0.3 is 15.0 Å². The number of nitrogens with zero attached hydrogens (tertiary/aromatic N) is 3. The quantitative estimate of drug-likeness (QED) is 0.841. The van der Waals surface area contributed by atoms with Crippen LogP contribution in [-0.4, -0.2) is 91.8 Å². The summed E-state index contributed by atoms with van der Waals surface area (Å²) in [5.41, 5.74) is 0. The van der Waals surface area contributed by atoms with Crippen molar-refractivity contribution in [2.75, 3.05) is 59.0 Å². The van der Waals surface area contributed by atoms with Crippen LogP contribution in [0.5, 0.6) is 0 Å². The molecule has 1 N–H and O–H groups in total. The fraction of sp³-hybridized carbons (Fsp3) is 0.944. The minimum absolute atomic E-state index is 0.127. The first kappa shape index (κ1) is 18.0. The molecule has 0 bridgehead atoms. The Morgan fingerprint density at radius 2 is 1.79 bits per heavy atom. The lowest BCUT2D eigenvalue weighted by Gasteiger charge is -2.33. The molecule has 6 heteroatoms. The zero-order chi connectivity index (χ0) is 16.8. The van der Waals surface area contributed by atoms with E-state index in [1.807, 2.05) is 0 Å². The van der Waals surface area contributed by atoms with Crippen molar-refractivity contribution in [1.29, 1.82) is 0 Å².